The minimum absolute atomic E-state index is 0.128. The quantitative estimate of drug-likeness (QED) is 0.774. The number of carboxylic acid groups (broad SMARTS) is 1. The van der Waals surface area contributed by atoms with E-state index in [0.29, 0.717) is 18.4 Å². The first-order chi connectivity index (χ1) is 7.58. The van der Waals surface area contributed by atoms with Crippen molar-refractivity contribution in [3.8, 4) is 0 Å². The second-order valence-electron chi connectivity index (χ2n) is 5.86. The van der Waals surface area contributed by atoms with Gasteiger partial charge in [0.25, 0.3) is 0 Å². The monoisotopic (exact) mass is 225 g/mol. The fourth-order valence-corrected chi connectivity index (χ4v) is 4.07. The van der Waals surface area contributed by atoms with E-state index in [2.05, 4.69) is 6.92 Å². The molecule has 0 spiro atoms. The van der Waals surface area contributed by atoms with E-state index in [1.54, 1.807) is 0 Å². The van der Waals surface area contributed by atoms with Crippen molar-refractivity contribution in [1.29, 1.82) is 0 Å². The molecule has 0 saturated heterocycles. The molecule has 0 unspecified atom stereocenters. The molecule has 2 fully saturated rings. The van der Waals surface area contributed by atoms with Gasteiger partial charge in [0, 0.05) is 0 Å². The number of carbonyl (C=O) groups is 1. The van der Waals surface area contributed by atoms with E-state index >= 15 is 0 Å². The third-order valence-electron chi connectivity index (χ3n) is 5.20. The Labute approximate surface area is 97.4 Å². The molecule has 3 N–H and O–H groups in total. The van der Waals surface area contributed by atoms with Gasteiger partial charge in [-0.1, -0.05) is 19.8 Å². The molecule has 0 radical (unpaired) electrons. The molecule has 2 aliphatic rings. The third kappa shape index (κ3) is 1.86. The zero-order valence-corrected chi connectivity index (χ0v) is 10.1. The molecular formula is C13H23NO2. The van der Waals surface area contributed by atoms with Gasteiger partial charge in [-0.2, -0.15) is 0 Å². The molecule has 0 aromatic rings. The number of hydrogen-bond donors (Lipinski definition) is 2. The van der Waals surface area contributed by atoms with Crippen LogP contribution in [0.2, 0.25) is 0 Å². The first kappa shape index (κ1) is 11.9. The van der Waals surface area contributed by atoms with E-state index in [9.17, 15) is 4.79 Å². The zero-order chi connectivity index (χ0) is 11.8. The van der Waals surface area contributed by atoms with Crippen LogP contribution in [0.3, 0.4) is 0 Å². The number of aliphatic carboxylic acids is 1. The molecule has 0 aliphatic heterocycles. The Bertz CT molecular complexity index is 279. The van der Waals surface area contributed by atoms with E-state index in [0.717, 1.165) is 12.3 Å². The first-order valence-corrected chi connectivity index (χ1v) is 6.50. The number of rotatable bonds is 3. The van der Waals surface area contributed by atoms with Crippen molar-refractivity contribution in [2.45, 2.75) is 45.4 Å². The van der Waals surface area contributed by atoms with Crippen LogP contribution in [0.5, 0.6) is 0 Å². The topological polar surface area (TPSA) is 63.3 Å². The van der Waals surface area contributed by atoms with E-state index in [4.69, 9.17) is 10.8 Å². The largest absolute Gasteiger partial charge is 0.481 e. The fraction of sp³-hybridized carbons (Fsp3) is 0.923. The van der Waals surface area contributed by atoms with Gasteiger partial charge >= 0.3 is 5.97 Å². The Hall–Kier alpha value is -0.570. The molecule has 16 heavy (non-hydrogen) atoms. The second-order valence-corrected chi connectivity index (χ2v) is 5.86. The summed E-state index contributed by atoms with van der Waals surface area (Å²) in [6.07, 6.45) is 6.40. The Kier molecular flexibility index (Phi) is 3.24. The van der Waals surface area contributed by atoms with Crippen LogP contribution < -0.4 is 5.73 Å². The summed E-state index contributed by atoms with van der Waals surface area (Å²) in [5.41, 5.74) is 5.84. The van der Waals surface area contributed by atoms with Crippen molar-refractivity contribution >= 4 is 5.97 Å². The van der Waals surface area contributed by atoms with Crippen LogP contribution in [0.4, 0.5) is 0 Å². The molecular weight excluding hydrogens is 202 g/mol. The highest BCUT2D eigenvalue weighted by Gasteiger charge is 2.48. The zero-order valence-electron chi connectivity index (χ0n) is 10.1. The maximum absolute atomic E-state index is 11.1. The number of carboxylic acids is 1. The van der Waals surface area contributed by atoms with Crippen LogP contribution in [0.1, 0.15) is 45.4 Å². The van der Waals surface area contributed by atoms with Crippen molar-refractivity contribution in [2.75, 3.05) is 6.54 Å². The molecule has 2 aliphatic carbocycles. The SMILES string of the molecule is C[C@H]1CC[C@H]2CC[C@H](C2)[C@]1(CN)CC(=O)O. The standard InChI is InChI=1S/C13H23NO2/c1-9-2-3-10-4-5-11(6-10)13(9,8-14)7-12(15)16/h9-11H,2-8,14H2,1H3,(H,15,16)/t9-,10-,11+,13-/m0/s1. The number of fused-ring (bicyclic) bond motifs is 2. The van der Waals surface area contributed by atoms with Gasteiger partial charge in [-0.3, -0.25) is 4.79 Å². The van der Waals surface area contributed by atoms with Crippen LogP contribution in [0.15, 0.2) is 0 Å². The van der Waals surface area contributed by atoms with Gasteiger partial charge in [-0.25, -0.2) is 0 Å². The average molecular weight is 225 g/mol. The van der Waals surface area contributed by atoms with Gasteiger partial charge < -0.3 is 10.8 Å². The van der Waals surface area contributed by atoms with Gasteiger partial charge in [-0.15, -0.1) is 0 Å². The number of hydrogen-bond acceptors (Lipinski definition) is 2. The maximum atomic E-state index is 11.1. The van der Waals surface area contributed by atoms with Crippen molar-refractivity contribution in [1.82, 2.24) is 0 Å². The Morgan fingerprint density at radius 1 is 1.38 bits per heavy atom. The van der Waals surface area contributed by atoms with Gasteiger partial charge in [-0.05, 0) is 49.0 Å². The highest BCUT2D eigenvalue weighted by Crippen LogP contribution is 2.53. The Balaban J connectivity index is 2.26. The molecule has 92 valence electrons. The van der Waals surface area contributed by atoms with E-state index in [1.807, 2.05) is 0 Å². The molecule has 4 atom stereocenters. The molecule has 3 nitrogen and oxygen atoms in total. The maximum Gasteiger partial charge on any atom is 0.303 e. The first-order valence-electron chi connectivity index (χ1n) is 6.50. The summed E-state index contributed by atoms with van der Waals surface area (Å²) in [6, 6.07) is 0. The predicted molar refractivity (Wildman–Crippen MR) is 63.0 cm³/mol. The molecule has 0 amide bonds. The van der Waals surface area contributed by atoms with Crippen molar-refractivity contribution in [3.63, 3.8) is 0 Å². The summed E-state index contributed by atoms with van der Waals surface area (Å²) in [6.45, 7) is 2.74. The lowest BCUT2D eigenvalue weighted by atomic mass is 9.64. The summed E-state index contributed by atoms with van der Waals surface area (Å²) < 4.78 is 0. The molecule has 3 heteroatoms. The summed E-state index contributed by atoms with van der Waals surface area (Å²) >= 11 is 0. The second kappa shape index (κ2) is 4.36. The van der Waals surface area contributed by atoms with Gasteiger partial charge in [0.15, 0.2) is 0 Å². The Morgan fingerprint density at radius 2 is 2.06 bits per heavy atom. The molecule has 0 heterocycles. The van der Waals surface area contributed by atoms with E-state index < -0.39 is 5.97 Å². The van der Waals surface area contributed by atoms with Crippen LogP contribution in [-0.4, -0.2) is 17.6 Å². The highest BCUT2D eigenvalue weighted by atomic mass is 16.4. The lowest BCUT2D eigenvalue weighted by molar-refractivity contribution is -0.142. The average Bonchev–Trinajstić information content (AvgIpc) is 2.66. The van der Waals surface area contributed by atoms with E-state index in [-0.39, 0.29) is 11.8 Å². The third-order valence-corrected chi connectivity index (χ3v) is 5.20. The lowest BCUT2D eigenvalue weighted by Gasteiger charge is -2.41. The van der Waals surface area contributed by atoms with Gasteiger partial charge in [0.2, 0.25) is 0 Å². The highest BCUT2D eigenvalue weighted by molar-refractivity contribution is 5.68. The summed E-state index contributed by atoms with van der Waals surface area (Å²) in [7, 11) is 0. The summed E-state index contributed by atoms with van der Waals surface area (Å²) in [4.78, 5) is 11.1. The van der Waals surface area contributed by atoms with Crippen molar-refractivity contribution < 1.29 is 9.90 Å². The lowest BCUT2D eigenvalue weighted by Crippen LogP contribution is -2.44. The molecule has 0 aromatic heterocycles. The number of nitrogens with two attached hydrogens (primary N) is 1. The van der Waals surface area contributed by atoms with Crippen molar-refractivity contribution in [2.24, 2.45) is 28.9 Å². The normalized spacial score (nSPS) is 43.0. The minimum Gasteiger partial charge on any atom is -0.481 e. The predicted octanol–water partition coefficient (Wildman–Crippen LogP) is 2.25. The fourth-order valence-electron chi connectivity index (χ4n) is 4.07. The van der Waals surface area contributed by atoms with Crippen LogP contribution in [0.25, 0.3) is 0 Å². The molecule has 0 aromatic carbocycles. The Morgan fingerprint density at radius 3 is 2.69 bits per heavy atom. The van der Waals surface area contributed by atoms with Crippen LogP contribution >= 0.6 is 0 Å². The summed E-state index contributed by atoms with van der Waals surface area (Å²) in [5, 5.41) is 9.14. The summed E-state index contributed by atoms with van der Waals surface area (Å²) in [5.74, 6) is 1.18. The van der Waals surface area contributed by atoms with Gasteiger partial charge in [0.05, 0.1) is 6.42 Å². The molecule has 2 saturated carbocycles. The smallest absolute Gasteiger partial charge is 0.303 e. The van der Waals surface area contributed by atoms with E-state index in [1.165, 1.54) is 25.7 Å². The minimum atomic E-state index is -0.678. The van der Waals surface area contributed by atoms with Crippen molar-refractivity contribution in [3.05, 3.63) is 0 Å². The van der Waals surface area contributed by atoms with Gasteiger partial charge in [0.1, 0.15) is 0 Å². The molecule has 2 bridgehead atoms. The molecule has 2 rings (SSSR count). The van der Waals surface area contributed by atoms with Crippen LogP contribution in [0, 0.1) is 23.2 Å². The van der Waals surface area contributed by atoms with Crippen LogP contribution in [-0.2, 0) is 4.79 Å².